The summed E-state index contributed by atoms with van der Waals surface area (Å²) in [7, 11) is 0. The highest BCUT2D eigenvalue weighted by atomic mass is 14.9. The van der Waals surface area contributed by atoms with Crippen molar-refractivity contribution in [3.05, 3.63) is 0 Å². The molecule has 0 aromatic heterocycles. The summed E-state index contributed by atoms with van der Waals surface area (Å²) in [4.78, 5) is 0. The zero-order chi connectivity index (χ0) is 10.2. The van der Waals surface area contributed by atoms with Gasteiger partial charge in [-0.15, -0.1) is 0 Å². The second kappa shape index (κ2) is 7.28. The van der Waals surface area contributed by atoms with Crippen molar-refractivity contribution < 1.29 is 0 Å². The van der Waals surface area contributed by atoms with Gasteiger partial charge in [0, 0.05) is 6.04 Å². The largest absolute Gasteiger partial charge is 0.314 e. The van der Waals surface area contributed by atoms with Crippen LogP contribution in [0.5, 0.6) is 0 Å². The molecule has 1 N–H and O–H groups in total. The lowest BCUT2D eigenvalue weighted by Crippen LogP contribution is -2.36. The predicted octanol–water partition coefficient (Wildman–Crippen LogP) is 3.74. The molecule has 1 nitrogen and oxygen atoms in total. The molecule has 0 aliphatic heterocycles. The van der Waals surface area contributed by atoms with Gasteiger partial charge in [-0.3, -0.25) is 0 Å². The Kier molecular flexibility index (Phi) is 6.25. The normalized spacial score (nSPS) is 29.6. The van der Waals surface area contributed by atoms with Gasteiger partial charge in [-0.05, 0) is 31.7 Å². The van der Waals surface area contributed by atoms with Gasteiger partial charge in [-0.1, -0.05) is 46.0 Å². The highest BCUT2D eigenvalue weighted by Gasteiger charge is 2.17. The summed E-state index contributed by atoms with van der Waals surface area (Å²) in [5.74, 6) is 0.896. The van der Waals surface area contributed by atoms with E-state index in [4.69, 9.17) is 0 Å². The molecule has 84 valence electrons. The summed E-state index contributed by atoms with van der Waals surface area (Å²) in [6.45, 7) is 5.92. The van der Waals surface area contributed by atoms with E-state index in [2.05, 4.69) is 19.2 Å². The van der Waals surface area contributed by atoms with Gasteiger partial charge in [-0.25, -0.2) is 0 Å². The number of rotatable bonds is 4. The van der Waals surface area contributed by atoms with Crippen LogP contribution < -0.4 is 5.32 Å². The van der Waals surface area contributed by atoms with E-state index < -0.39 is 0 Å². The van der Waals surface area contributed by atoms with Crippen molar-refractivity contribution in [1.82, 2.24) is 5.32 Å². The van der Waals surface area contributed by atoms with Crippen LogP contribution in [0.4, 0.5) is 0 Å². The molecule has 0 aromatic carbocycles. The lowest BCUT2D eigenvalue weighted by Gasteiger charge is -2.27. The number of hydrogen-bond donors (Lipinski definition) is 1. The minimum Gasteiger partial charge on any atom is -0.314 e. The molecule has 0 saturated heterocycles. The topological polar surface area (TPSA) is 12.0 Å². The summed E-state index contributed by atoms with van der Waals surface area (Å²) in [5, 5.41) is 3.74. The first-order valence-electron chi connectivity index (χ1n) is 6.58. The van der Waals surface area contributed by atoms with Crippen molar-refractivity contribution in [2.75, 3.05) is 6.54 Å². The second-order valence-electron chi connectivity index (χ2n) is 4.88. The average Bonchev–Trinajstić information content (AvgIpc) is 2.17. The summed E-state index contributed by atoms with van der Waals surface area (Å²) < 4.78 is 0. The molecular formula is C13H27N. The average molecular weight is 197 g/mol. The van der Waals surface area contributed by atoms with Crippen LogP contribution in [0.3, 0.4) is 0 Å². The predicted molar refractivity (Wildman–Crippen MR) is 63.6 cm³/mol. The molecule has 0 amide bonds. The van der Waals surface area contributed by atoms with Gasteiger partial charge >= 0.3 is 0 Å². The zero-order valence-corrected chi connectivity index (χ0v) is 10.0. The van der Waals surface area contributed by atoms with Crippen LogP contribution >= 0.6 is 0 Å². The van der Waals surface area contributed by atoms with Gasteiger partial charge in [0.15, 0.2) is 0 Å². The molecule has 1 saturated carbocycles. The molecule has 2 unspecified atom stereocenters. The maximum absolute atomic E-state index is 3.74. The molecule has 0 spiro atoms. The van der Waals surface area contributed by atoms with E-state index >= 15 is 0 Å². The Hall–Kier alpha value is -0.0400. The van der Waals surface area contributed by atoms with Crippen LogP contribution in [-0.2, 0) is 0 Å². The maximum Gasteiger partial charge on any atom is 0.00926 e. The van der Waals surface area contributed by atoms with E-state index in [-0.39, 0.29) is 0 Å². The number of unbranched alkanes of at least 4 members (excludes halogenated alkanes) is 1. The Morgan fingerprint density at radius 1 is 1.07 bits per heavy atom. The monoisotopic (exact) mass is 197 g/mol. The Labute approximate surface area is 89.7 Å². The van der Waals surface area contributed by atoms with E-state index in [1.165, 1.54) is 57.9 Å². The van der Waals surface area contributed by atoms with E-state index in [9.17, 15) is 0 Å². The third-order valence-electron chi connectivity index (χ3n) is 3.55. The fourth-order valence-corrected chi connectivity index (χ4v) is 2.44. The van der Waals surface area contributed by atoms with Gasteiger partial charge in [-0.2, -0.15) is 0 Å². The zero-order valence-electron chi connectivity index (χ0n) is 10.0. The Bertz CT molecular complexity index is 133. The SMILES string of the molecule is CCCCNC1CCCCCCC1C. The van der Waals surface area contributed by atoms with Crippen molar-refractivity contribution in [1.29, 1.82) is 0 Å². The van der Waals surface area contributed by atoms with E-state index in [0.29, 0.717) is 0 Å². The Morgan fingerprint density at radius 3 is 2.50 bits per heavy atom. The molecule has 1 fully saturated rings. The van der Waals surface area contributed by atoms with E-state index in [0.717, 1.165) is 12.0 Å². The molecule has 1 heteroatoms. The van der Waals surface area contributed by atoms with Gasteiger partial charge in [0.25, 0.3) is 0 Å². The first-order chi connectivity index (χ1) is 6.84. The highest BCUT2D eigenvalue weighted by Crippen LogP contribution is 2.22. The summed E-state index contributed by atoms with van der Waals surface area (Å²) in [5.41, 5.74) is 0. The standard InChI is InChI=1S/C13H27N/c1-3-4-11-14-13-10-8-6-5-7-9-12(13)2/h12-14H,3-11H2,1-2H3. The van der Waals surface area contributed by atoms with Gasteiger partial charge in [0.1, 0.15) is 0 Å². The molecular weight excluding hydrogens is 170 g/mol. The van der Waals surface area contributed by atoms with Crippen LogP contribution in [0, 0.1) is 5.92 Å². The third kappa shape index (κ3) is 4.45. The number of hydrogen-bond acceptors (Lipinski definition) is 1. The summed E-state index contributed by atoms with van der Waals surface area (Å²) >= 11 is 0. The van der Waals surface area contributed by atoms with Crippen molar-refractivity contribution in [3.63, 3.8) is 0 Å². The van der Waals surface area contributed by atoms with E-state index in [1.807, 2.05) is 0 Å². The Morgan fingerprint density at radius 2 is 1.79 bits per heavy atom. The molecule has 14 heavy (non-hydrogen) atoms. The molecule has 1 rings (SSSR count). The number of nitrogens with one attached hydrogen (secondary N) is 1. The minimum absolute atomic E-state index is 0.807. The first kappa shape index (κ1) is 12.0. The molecule has 0 aromatic rings. The second-order valence-corrected chi connectivity index (χ2v) is 4.88. The molecule has 1 aliphatic rings. The highest BCUT2D eigenvalue weighted by molar-refractivity contribution is 4.75. The van der Waals surface area contributed by atoms with E-state index in [1.54, 1.807) is 0 Å². The van der Waals surface area contributed by atoms with Crippen LogP contribution in [-0.4, -0.2) is 12.6 Å². The fourth-order valence-electron chi connectivity index (χ4n) is 2.44. The first-order valence-corrected chi connectivity index (χ1v) is 6.58. The smallest absolute Gasteiger partial charge is 0.00926 e. The molecule has 2 atom stereocenters. The van der Waals surface area contributed by atoms with Gasteiger partial charge < -0.3 is 5.32 Å². The van der Waals surface area contributed by atoms with Gasteiger partial charge in [0.2, 0.25) is 0 Å². The molecule has 0 bridgehead atoms. The molecule has 1 aliphatic carbocycles. The van der Waals surface area contributed by atoms with Crippen molar-refractivity contribution in [2.24, 2.45) is 5.92 Å². The minimum atomic E-state index is 0.807. The maximum atomic E-state index is 3.74. The van der Waals surface area contributed by atoms with Crippen molar-refractivity contribution in [2.45, 2.75) is 71.3 Å². The molecule has 0 heterocycles. The quantitative estimate of drug-likeness (QED) is 0.677. The lowest BCUT2D eigenvalue weighted by molar-refractivity contribution is 0.301. The Balaban J connectivity index is 2.22. The van der Waals surface area contributed by atoms with Crippen LogP contribution in [0.2, 0.25) is 0 Å². The van der Waals surface area contributed by atoms with Crippen molar-refractivity contribution in [3.8, 4) is 0 Å². The fraction of sp³-hybridized carbons (Fsp3) is 1.00. The third-order valence-corrected chi connectivity index (χ3v) is 3.55. The summed E-state index contributed by atoms with van der Waals surface area (Å²) in [6, 6.07) is 0.807. The van der Waals surface area contributed by atoms with Gasteiger partial charge in [0.05, 0.1) is 0 Å². The van der Waals surface area contributed by atoms with Crippen LogP contribution in [0.15, 0.2) is 0 Å². The summed E-state index contributed by atoms with van der Waals surface area (Å²) in [6.07, 6.45) is 11.3. The van der Waals surface area contributed by atoms with Crippen LogP contribution in [0.25, 0.3) is 0 Å². The van der Waals surface area contributed by atoms with Crippen molar-refractivity contribution >= 4 is 0 Å². The van der Waals surface area contributed by atoms with Crippen LogP contribution in [0.1, 0.15) is 65.2 Å². The molecule has 0 radical (unpaired) electrons. The lowest BCUT2D eigenvalue weighted by atomic mass is 9.88.